The average molecular weight is 281 g/mol. The van der Waals surface area contributed by atoms with Crippen molar-refractivity contribution in [1.82, 2.24) is 9.97 Å². The second-order valence-corrected chi connectivity index (χ2v) is 7.35. The number of nitrogens with one attached hydrogen (secondary N) is 1. The summed E-state index contributed by atoms with van der Waals surface area (Å²) in [6.45, 7) is 10.9. The number of anilines is 1. The van der Waals surface area contributed by atoms with Crippen molar-refractivity contribution < 1.29 is 0 Å². The van der Waals surface area contributed by atoms with Crippen molar-refractivity contribution in [3.05, 3.63) is 27.2 Å². The van der Waals surface area contributed by atoms with Crippen LogP contribution >= 0.6 is 22.7 Å². The van der Waals surface area contributed by atoms with Gasteiger partial charge < -0.3 is 5.32 Å². The highest BCUT2D eigenvalue weighted by Gasteiger charge is 2.22. The molecular formula is C13H19N3S2. The molecule has 1 unspecified atom stereocenters. The molecule has 0 aliphatic carbocycles. The molecule has 0 spiro atoms. The molecule has 1 atom stereocenters. The van der Waals surface area contributed by atoms with Crippen LogP contribution in [0, 0.1) is 6.92 Å². The Bertz CT molecular complexity index is 509. The smallest absolute Gasteiger partial charge is 0.183 e. The van der Waals surface area contributed by atoms with E-state index in [-0.39, 0.29) is 11.5 Å². The zero-order valence-corrected chi connectivity index (χ0v) is 13.1. The van der Waals surface area contributed by atoms with Gasteiger partial charge >= 0.3 is 0 Å². The fourth-order valence-corrected chi connectivity index (χ4v) is 3.42. The molecule has 2 aromatic rings. The van der Waals surface area contributed by atoms with Crippen LogP contribution in [-0.4, -0.2) is 9.97 Å². The minimum absolute atomic E-state index is 0.120. The number of aryl methyl sites for hydroxylation is 1. The van der Waals surface area contributed by atoms with Gasteiger partial charge in [-0.25, -0.2) is 9.97 Å². The monoisotopic (exact) mass is 281 g/mol. The van der Waals surface area contributed by atoms with Crippen molar-refractivity contribution in [1.29, 1.82) is 0 Å². The lowest BCUT2D eigenvalue weighted by molar-refractivity contribution is 0.584. The van der Waals surface area contributed by atoms with E-state index in [4.69, 9.17) is 4.98 Å². The number of aromatic nitrogens is 2. The van der Waals surface area contributed by atoms with Crippen LogP contribution < -0.4 is 5.32 Å². The molecular weight excluding hydrogens is 262 g/mol. The van der Waals surface area contributed by atoms with Crippen LogP contribution in [0.1, 0.15) is 49.3 Å². The fourth-order valence-electron chi connectivity index (χ4n) is 1.68. The summed E-state index contributed by atoms with van der Waals surface area (Å²) in [7, 11) is 0. The van der Waals surface area contributed by atoms with E-state index in [0.29, 0.717) is 0 Å². The van der Waals surface area contributed by atoms with Gasteiger partial charge in [-0.2, -0.15) is 0 Å². The Labute approximate surface area is 116 Å². The topological polar surface area (TPSA) is 37.8 Å². The van der Waals surface area contributed by atoms with Crippen molar-refractivity contribution in [2.45, 2.75) is 46.1 Å². The van der Waals surface area contributed by atoms with Gasteiger partial charge in [-0.15, -0.1) is 22.7 Å². The molecule has 0 amide bonds. The summed E-state index contributed by atoms with van der Waals surface area (Å²) in [6.07, 6.45) is 1.82. The first-order valence-electron chi connectivity index (χ1n) is 6.02. The molecule has 2 aromatic heterocycles. The van der Waals surface area contributed by atoms with Crippen LogP contribution in [-0.2, 0) is 5.41 Å². The van der Waals surface area contributed by atoms with Gasteiger partial charge in [-0.3, -0.25) is 0 Å². The molecule has 5 heteroatoms. The molecule has 0 saturated carbocycles. The van der Waals surface area contributed by atoms with Gasteiger partial charge in [-0.05, 0) is 13.8 Å². The van der Waals surface area contributed by atoms with E-state index < -0.39 is 0 Å². The highest BCUT2D eigenvalue weighted by Crippen LogP contribution is 2.33. The number of nitrogens with zero attached hydrogens (tertiary/aromatic N) is 2. The number of hydrogen-bond donors (Lipinski definition) is 1. The minimum Gasteiger partial charge on any atom is -0.354 e. The van der Waals surface area contributed by atoms with Crippen molar-refractivity contribution >= 4 is 27.8 Å². The molecule has 0 radical (unpaired) electrons. The van der Waals surface area contributed by atoms with Gasteiger partial charge in [0.1, 0.15) is 0 Å². The highest BCUT2D eigenvalue weighted by atomic mass is 32.1. The van der Waals surface area contributed by atoms with Crippen LogP contribution in [0.4, 0.5) is 5.13 Å². The molecule has 3 nitrogen and oxygen atoms in total. The summed E-state index contributed by atoms with van der Waals surface area (Å²) in [5, 5.41) is 7.57. The third kappa shape index (κ3) is 2.90. The second-order valence-electron chi connectivity index (χ2n) is 5.42. The second kappa shape index (κ2) is 4.97. The largest absolute Gasteiger partial charge is 0.354 e. The van der Waals surface area contributed by atoms with E-state index in [0.717, 1.165) is 10.8 Å². The third-order valence-corrected chi connectivity index (χ3v) is 5.11. The van der Waals surface area contributed by atoms with Gasteiger partial charge in [0.05, 0.1) is 16.7 Å². The Hall–Kier alpha value is -0.940. The van der Waals surface area contributed by atoms with Crippen LogP contribution in [0.25, 0.3) is 0 Å². The molecule has 98 valence electrons. The van der Waals surface area contributed by atoms with Gasteiger partial charge in [0, 0.05) is 21.9 Å². The number of thiazole rings is 2. The molecule has 0 bridgehead atoms. The van der Waals surface area contributed by atoms with Crippen LogP contribution in [0.2, 0.25) is 0 Å². The molecule has 18 heavy (non-hydrogen) atoms. The first kappa shape index (κ1) is 13.5. The lowest BCUT2D eigenvalue weighted by atomic mass is 9.98. The zero-order chi connectivity index (χ0) is 13.3. The predicted octanol–water partition coefficient (Wildman–Crippen LogP) is 4.38. The lowest BCUT2D eigenvalue weighted by Gasteiger charge is -2.14. The Morgan fingerprint density at radius 3 is 2.56 bits per heavy atom. The highest BCUT2D eigenvalue weighted by molar-refractivity contribution is 7.13. The maximum absolute atomic E-state index is 4.69. The van der Waals surface area contributed by atoms with Gasteiger partial charge in [0.2, 0.25) is 0 Å². The summed E-state index contributed by atoms with van der Waals surface area (Å²) in [5.74, 6) is 0. The Balaban J connectivity index is 2.20. The molecule has 0 fully saturated rings. The third-order valence-electron chi connectivity index (χ3n) is 2.64. The minimum atomic E-state index is 0.120. The molecule has 2 rings (SSSR count). The van der Waals surface area contributed by atoms with Gasteiger partial charge in [0.25, 0.3) is 0 Å². The Kier molecular flexibility index (Phi) is 3.73. The van der Waals surface area contributed by atoms with E-state index in [9.17, 15) is 0 Å². The maximum Gasteiger partial charge on any atom is 0.183 e. The van der Waals surface area contributed by atoms with E-state index in [1.165, 1.54) is 9.88 Å². The van der Waals surface area contributed by atoms with E-state index in [1.54, 1.807) is 22.7 Å². The lowest BCUT2D eigenvalue weighted by Crippen LogP contribution is -2.10. The summed E-state index contributed by atoms with van der Waals surface area (Å²) in [6, 6.07) is 0.254. The van der Waals surface area contributed by atoms with Gasteiger partial charge in [0.15, 0.2) is 5.13 Å². The molecule has 0 aliphatic rings. The Morgan fingerprint density at radius 1 is 1.33 bits per heavy atom. The van der Waals surface area contributed by atoms with E-state index in [2.05, 4.69) is 44.9 Å². The van der Waals surface area contributed by atoms with Gasteiger partial charge in [-0.1, -0.05) is 20.8 Å². The standard InChI is InChI=1S/C13H19N3S2/c1-8-10(18-11(15-8)13(3,4)5)9(2)16-12-14-6-7-17-12/h6-7,9H,1-5H3,(H,14,16). The first-order valence-corrected chi connectivity index (χ1v) is 7.71. The fraction of sp³-hybridized carbons (Fsp3) is 0.538. The van der Waals surface area contributed by atoms with E-state index in [1.807, 2.05) is 11.6 Å². The molecule has 2 heterocycles. The van der Waals surface area contributed by atoms with Crippen molar-refractivity contribution in [3.63, 3.8) is 0 Å². The summed E-state index contributed by atoms with van der Waals surface area (Å²) in [5.41, 5.74) is 1.25. The molecule has 0 aromatic carbocycles. The van der Waals surface area contributed by atoms with Crippen LogP contribution in [0.3, 0.4) is 0 Å². The Morgan fingerprint density at radius 2 is 2.06 bits per heavy atom. The molecule has 0 aliphatic heterocycles. The number of hydrogen-bond acceptors (Lipinski definition) is 5. The quantitative estimate of drug-likeness (QED) is 0.907. The maximum atomic E-state index is 4.69. The number of rotatable bonds is 3. The molecule has 1 N–H and O–H groups in total. The van der Waals surface area contributed by atoms with E-state index >= 15 is 0 Å². The average Bonchev–Trinajstić information content (AvgIpc) is 2.85. The summed E-state index contributed by atoms with van der Waals surface area (Å²) in [4.78, 5) is 10.3. The molecule has 0 saturated heterocycles. The summed E-state index contributed by atoms with van der Waals surface area (Å²) < 4.78 is 0. The van der Waals surface area contributed by atoms with Crippen LogP contribution in [0.15, 0.2) is 11.6 Å². The van der Waals surface area contributed by atoms with Crippen molar-refractivity contribution in [3.8, 4) is 0 Å². The van der Waals surface area contributed by atoms with Crippen molar-refractivity contribution in [2.75, 3.05) is 5.32 Å². The zero-order valence-electron chi connectivity index (χ0n) is 11.4. The normalized spacial score (nSPS) is 13.6. The summed E-state index contributed by atoms with van der Waals surface area (Å²) >= 11 is 3.43. The predicted molar refractivity (Wildman–Crippen MR) is 79.7 cm³/mol. The van der Waals surface area contributed by atoms with Crippen LogP contribution in [0.5, 0.6) is 0 Å². The first-order chi connectivity index (χ1) is 8.38. The SMILES string of the molecule is Cc1nc(C(C)(C)C)sc1C(C)Nc1nccs1. The van der Waals surface area contributed by atoms with Crippen molar-refractivity contribution in [2.24, 2.45) is 0 Å².